The largest absolute Gasteiger partial charge is 0.433 e. The van der Waals surface area contributed by atoms with Crippen molar-refractivity contribution in [1.29, 1.82) is 0 Å². The zero-order valence-electron chi connectivity index (χ0n) is 17.4. The highest BCUT2D eigenvalue weighted by Crippen LogP contribution is 2.40. The van der Waals surface area contributed by atoms with Crippen LogP contribution in [0.1, 0.15) is 30.7 Å². The summed E-state index contributed by atoms with van der Waals surface area (Å²) >= 11 is 0. The lowest BCUT2D eigenvalue weighted by Crippen LogP contribution is -2.17. The molecule has 0 unspecified atom stereocenters. The molecule has 0 saturated carbocycles. The van der Waals surface area contributed by atoms with Crippen LogP contribution in [0.15, 0.2) is 65.6 Å². The summed E-state index contributed by atoms with van der Waals surface area (Å²) in [5.41, 5.74) is 1.16. The van der Waals surface area contributed by atoms with Crippen LogP contribution in [0.2, 0.25) is 0 Å². The summed E-state index contributed by atoms with van der Waals surface area (Å²) < 4.78 is 66.8. The van der Waals surface area contributed by atoms with Crippen LogP contribution < -0.4 is 0 Å². The molecular formula is C23H23F3N2O2S. The molecule has 4 nitrogen and oxygen atoms in total. The fraction of sp³-hybridized carbons (Fsp3) is 0.261. The second kappa shape index (κ2) is 8.70. The Morgan fingerprint density at radius 1 is 1.06 bits per heavy atom. The fourth-order valence-electron chi connectivity index (χ4n) is 3.37. The Labute approximate surface area is 180 Å². The van der Waals surface area contributed by atoms with Gasteiger partial charge in [-0.3, -0.25) is 4.68 Å². The quantitative estimate of drug-likeness (QED) is 0.491. The molecule has 0 bridgehead atoms. The third kappa shape index (κ3) is 5.07. The van der Waals surface area contributed by atoms with Gasteiger partial charge in [0.05, 0.1) is 4.90 Å². The molecule has 0 atom stereocenters. The van der Waals surface area contributed by atoms with Crippen LogP contribution in [-0.4, -0.2) is 24.5 Å². The van der Waals surface area contributed by atoms with E-state index in [2.05, 4.69) is 5.10 Å². The summed E-state index contributed by atoms with van der Waals surface area (Å²) in [7, 11) is -3.42. The molecule has 0 aliphatic rings. The average molecular weight is 449 g/mol. The lowest BCUT2D eigenvalue weighted by atomic mass is 9.99. The Bertz CT molecular complexity index is 1190. The molecule has 1 aromatic heterocycles. The summed E-state index contributed by atoms with van der Waals surface area (Å²) in [4.78, 5) is 0.0973. The van der Waals surface area contributed by atoms with E-state index in [0.717, 1.165) is 16.5 Å². The fourth-order valence-corrected chi connectivity index (χ4v) is 4.00. The molecule has 2 aromatic carbocycles. The van der Waals surface area contributed by atoms with E-state index in [4.69, 9.17) is 0 Å². The van der Waals surface area contributed by atoms with Gasteiger partial charge in [0, 0.05) is 23.9 Å². The van der Waals surface area contributed by atoms with Crippen molar-refractivity contribution in [2.45, 2.75) is 37.9 Å². The van der Waals surface area contributed by atoms with Crippen molar-refractivity contribution >= 4 is 15.4 Å². The highest BCUT2D eigenvalue weighted by molar-refractivity contribution is 7.90. The van der Waals surface area contributed by atoms with Crippen LogP contribution in [0.25, 0.3) is 16.8 Å². The summed E-state index contributed by atoms with van der Waals surface area (Å²) in [5, 5.41) is 4.33. The summed E-state index contributed by atoms with van der Waals surface area (Å²) in [5.74, 6) is 0. The smallest absolute Gasteiger partial charge is 0.259 e. The van der Waals surface area contributed by atoms with Crippen molar-refractivity contribution in [3.8, 4) is 11.3 Å². The van der Waals surface area contributed by atoms with Gasteiger partial charge in [-0.15, -0.1) is 0 Å². The lowest BCUT2D eigenvalue weighted by molar-refractivity contribution is -0.144. The van der Waals surface area contributed by atoms with Gasteiger partial charge in [-0.1, -0.05) is 48.5 Å². The molecule has 164 valence electrons. The van der Waals surface area contributed by atoms with Gasteiger partial charge in [-0.05, 0) is 43.5 Å². The van der Waals surface area contributed by atoms with Crippen LogP contribution in [-0.2, 0) is 29.0 Å². The number of rotatable bonds is 6. The number of benzene rings is 2. The van der Waals surface area contributed by atoms with Crippen LogP contribution >= 0.6 is 0 Å². The van der Waals surface area contributed by atoms with Crippen LogP contribution in [0.5, 0.6) is 0 Å². The number of aryl methyl sites for hydroxylation is 2. The molecule has 31 heavy (non-hydrogen) atoms. The van der Waals surface area contributed by atoms with Crippen molar-refractivity contribution < 1.29 is 21.6 Å². The van der Waals surface area contributed by atoms with Crippen molar-refractivity contribution in [2.75, 3.05) is 6.26 Å². The third-order valence-corrected chi connectivity index (χ3v) is 6.19. The average Bonchev–Trinajstić information content (AvgIpc) is 3.12. The van der Waals surface area contributed by atoms with E-state index >= 15 is 0 Å². The highest BCUT2D eigenvalue weighted by Gasteiger charge is 2.40. The molecule has 0 saturated heterocycles. The number of sulfone groups is 1. The Morgan fingerprint density at radius 2 is 1.68 bits per heavy atom. The minimum absolute atomic E-state index is 0.00941. The number of allylic oxidation sites excluding steroid dienone is 2. The maximum atomic E-state index is 14.1. The van der Waals surface area contributed by atoms with E-state index < -0.39 is 21.7 Å². The molecule has 0 amide bonds. The Balaban J connectivity index is 2.15. The third-order valence-electron chi connectivity index (χ3n) is 5.06. The molecule has 3 aromatic rings. The first-order valence-corrected chi connectivity index (χ1v) is 11.6. The summed E-state index contributed by atoms with van der Waals surface area (Å²) in [6, 6.07) is 15.0. The van der Waals surface area contributed by atoms with Gasteiger partial charge in [0.1, 0.15) is 5.69 Å². The SMILES string of the molecule is C/C=C(\C)c1c(-c2ccc(S(C)(=O)=O)cc2)nn(CCc2ccccc2)c1C(F)(F)F. The number of halogens is 3. The van der Waals surface area contributed by atoms with Gasteiger partial charge in [0.15, 0.2) is 15.5 Å². The minimum atomic E-state index is -4.60. The van der Waals surface area contributed by atoms with E-state index in [0.29, 0.717) is 17.6 Å². The number of hydrogen-bond donors (Lipinski definition) is 0. The van der Waals surface area contributed by atoms with Gasteiger partial charge in [0.25, 0.3) is 0 Å². The maximum absolute atomic E-state index is 14.1. The number of alkyl halides is 3. The van der Waals surface area contributed by atoms with Gasteiger partial charge < -0.3 is 0 Å². The maximum Gasteiger partial charge on any atom is 0.433 e. The lowest BCUT2D eigenvalue weighted by Gasteiger charge is -2.13. The summed E-state index contributed by atoms with van der Waals surface area (Å²) in [6.07, 6.45) is -1.51. The Kier molecular flexibility index (Phi) is 6.40. The van der Waals surface area contributed by atoms with Gasteiger partial charge in [-0.2, -0.15) is 18.3 Å². The normalized spacial score (nSPS) is 12.9. The first-order chi connectivity index (χ1) is 14.5. The zero-order chi connectivity index (χ0) is 22.8. The molecule has 8 heteroatoms. The van der Waals surface area contributed by atoms with E-state index in [9.17, 15) is 21.6 Å². The topological polar surface area (TPSA) is 52.0 Å². The van der Waals surface area contributed by atoms with E-state index in [1.807, 2.05) is 30.3 Å². The zero-order valence-corrected chi connectivity index (χ0v) is 18.3. The molecule has 0 radical (unpaired) electrons. The molecule has 1 heterocycles. The summed E-state index contributed by atoms with van der Waals surface area (Å²) in [6.45, 7) is 3.35. The van der Waals surface area contributed by atoms with Crippen molar-refractivity contribution in [1.82, 2.24) is 9.78 Å². The Hall–Kier alpha value is -2.87. The van der Waals surface area contributed by atoms with Crippen LogP contribution in [0.4, 0.5) is 13.2 Å². The van der Waals surface area contributed by atoms with Crippen LogP contribution in [0, 0.1) is 0 Å². The molecule has 0 aliphatic heterocycles. The second-order valence-electron chi connectivity index (χ2n) is 7.30. The van der Waals surface area contributed by atoms with Crippen molar-refractivity contribution in [2.24, 2.45) is 0 Å². The van der Waals surface area contributed by atoms with E-state index in [1.165, 1.54) is 24.3 Å². The predicted octanol–water partition coefficient (Wildman–Crippen LogP) is 5.64. The highest BCUT2D eigenvalue weighted by atomic mass is 32.2. The minimum Gasteiger partial charge on any atom is -0.259 e. The van der Waals surface area contributed by atoms with E-state index in [1.54, 1.807) is 19.9 Å². The molecule has 0 spiro atoms. The van der Waals surface area contributed by atoms with Crippen molar-refractivity contribution in [3.63, 3.8) is 0 Å². The van der Waals surface area contributed by atoms with Gasteiger partial charge in [-0.25, -0.2) is 8.42 Å². The number of aromatic nitrogens is 2. The number of nitrogens with zero attached hydrogens (tertiary/aromatic N) is 2. The first-order valence-electron chi connectivity index (χ1n) is 9.68. The van der Waals surface area contributed by atoms with E-state index in [-0.39, 0.29) is 22.7 Å². The van der Waals surface area contributed by atoms with Crippen molar-refractivity contribution in [3.05, 3.63) is 77.5 Å². The Morgan fingerprint density at radius 3 is 2.19 bits per heavy atom. The van der Waals surface area contributed by atoms with Gasteiger partial charge in [0.2, 0.25) is 0 Å². The molecule has 0 aliphatic carbocycles. The molecule has 3 rings (SSSR count). The number of hydrogen-bond acceptors (Lipinski definition) is 3. The first kappa shape index (κ1) is 22.8. The second-order valence-corrected chi connectivity index (χ2v) is 9.31. The molecule has 0 N–H and O–H groups in total. The van der Waals surface area contributed by atoms with Gasteiger partial charge >= 0.3 is 6.18 Å². The standard InChI is InChI=1S/C23H23F3N2O2S/c1-4-16(2)20-21(18-10-12-19(13-11-18)31(3,29)30)27-28(22(20)23(24,25)26)15-14-17-8-6-5-7-9-17/h4-13H,14-15H2,1-3H3/b16-4+. The molecule has 0 fully saturated rings. The molecular weight excluding hydrogens is 425 g/mol. The predicted molar refractivity (Wildman–Crippen MR) is 115 cm³/mol. The monoisotopic (exact) mass is 448 g/mol. The van der Waals surface area contributed by atoms with Crippen LogP contribution in [0.3, 0.4) is 0 Å².